The Morgan fingerprint density at radius 3 is 2.79 bits per heavy atom. The van der Waals surface area contributed by atoms with Crippen LogP contribution in [0.5, 0.6) is 11.5 Å². The first-order chi connectivity index (χ1) is 13.5. The fraction of sp³-hybridized carbons (Fsp3) is 0.0526. The molecule has 0 saturated carbocycles. The number of hydrogen-bond donors (Lipinski definition) is 2. The van der Waals surface area contributed by atoms with Crippen LogP contribution in [0.3, 0.4) is 0 Å². The zero-order valence-corrected chi connectivity index (χ0v) is 14.7. The molecule has 3 rings (SSSR count). The Kier molecular flexibility index (Phi) is 5.35. The number of hydrogen-bond acceptors (Lipinski definition) is 7. The molecule has 1 amide bonds. The van der Waals surface area contributed by atoms with Crippen molar-refractivity contribution in [3.05, 3.63) is 76.2 Å². The number of methoxy groups -OCH3 is 1. The van der Waals surface area contributed by atoms with Crippen LogP contribution >= 0.6 is 0 Å². The van der Waals surface area contributed by atoms with E-state index in [0.717, 1.165) is 0 Å². The van der Waals surface area contributed by atoms with Crippen molar-refractivity contribution in [3.63, 3.8) is 0 Å². The van der Waals surface area contributed by atoms with Crippen LogP contribution in [-0.2, 0) is 0 Å². The molecule has 0 aliphatic carbocycles. The summed E-state index contributed by atoms with van der Waals surface area (Å²) < 4.78 is 10.3. The van der Waals surface area contributed by atoms with Crippen molar-refractivity contribution < 1.29 is 24.0 Å². The number of phenolic OH excluding ortho intramolecular Hbond substituents is 1. The fourth-order valence-electron chi connectivity index (χ4n) is 2.36. The van der Waals surface area contributed by atoms with Gasteiger partial charge >= 0.3 is 0 Å². The van der Waals surface area contributed by atoms with E-state index in [1.54, 1.807) is 24.3 Å². The predicted molar refractivity (Wildman–Crippen MR) is 102 cm³/mol. The molecule has 0 atom stereocenters. The zero-order chi connectivity index (χ0) is 20.1. The third-order valence-corrected chi connectivity index (χ3v) is 3.75. The Bertz CT molecular complexity index is 1040. The number of aliphatic imine (C=N–C) groups is 1. The van der Waals surface area contributed by atoms with Gasteiger partial charge in [-0.05, 0) is 30.3 Å². The molecule has 0 fully saturated rings. The molecule has 2 N–H and O–H groups in total. The van der Waals surface area contributed by atoms with E-state index in [4.69, 9.17) is 9.15 Å². The Morgan fingerprint density at radius 2 is 2.11 bits per heavy atom. The molecule has 9 nitrogen and oxygen atoms in total. The molecule has 0 radical (unpaired) electrons. The lowest BCUT2D eigenvalue weighted by atomic mass is 10.2. The summed E-state index contributed by atoms with van der Waals surface area (Å²) in [5.41, 5.74) is 0.913. The summed E-state index contributed by atoms with van der Waals surface area (Å²) in [5, 5.41) is 23.4. The van der Waals surface area contributed by atoms with E-state index in [1.807, 2.05) is 0 Å². The van der Waals surface area contributed by atoms with Crippen LogP contribution in [0.4, 0.5) is 17.1 Å². The van der Waals surface area contributed by atoms with Gasteiger partial charge in [-0.25, -0.2) is 0 Å². The van der Waals surface area contributed by atoms with Crippen molar-refractivity contribution in [2.75, 3.05) is 12.4 Å². The number of phenols is 1. The molecule has 3 aromatic rings. The van der Waals surface area contributed by atoms with Gasteiger partial charge in [-0.15, -0.1) is 0 Å². The minimum atomic E-state index is -0.559. The lowest BCUT2D eigenvalue weighted by Crippen LogP contribution is -2.11. The molecule has 1 heterocycles. The van der Waals surface area contributed by atoms with Crippen molar-refractivity contribution in [1.82, 2.24) is 0 Å². The third kappa shape index (κ3) is 4.15. The van der Waals surface area contributed by atoms with E-state index in [0.29, 0.717) is 17.1 Å². The largest absolute Gasteiger partial charge is 0.507 e. The summed E-state index contributed by atoms with van der Waals surface area (Å²) in [6, 6.07) is 11.6. The highest BCUT2D eigenvalue weighted by Crippen LogP contribution is 2.30. The van der Waals surface area contributed by atoms with Gasteiger partial charge in [0.15, 0.2) is 5.76 Å². The number of rotatable bonds is 6. The molecule has 0 aliphatic heterocycles. The fourth-order valence-corrected chi connectivity index (χ4v) is 2.36. The number of benzene rings is 2. The molecule has 0 aliphatic rings. The van der Waals surface area contributed by atoms with Crippen LogP contribution in [0.2, 0.25) is 0 Å². The standard InChI is InChI=1S/C19H15N3O6/c1-27-18-10-13(4-6-15(18)21-19(24)17-3-2-8-28-17)20-11-12-9-14(22(25)26)5-7-16(12)23/h2-11,23H,1H3,(H,21,24). The number of ether oxygens (including phenoxy) is 1. The Hall–Kier alpha value is -4.14. The van der Waals surface area contributed by atoms with E-state index >= 15 is 0 Å². The summed E-state index contributed by atoms with van der Waals surface area (Å²) in [6.07, 6.45) is 2.70. The third-order valence-electron chi connectivity index (χ3n) is 3.75. The lowest BCUT2D eigenvalue weighted by Gasteiger charge is -2.10. The topological polar surface area (TPSA) is 127 Å². The van der Waals surface area contributed by atoms with Crippen molar-refractivity contribution in [2.45, 2.75) is 0 Å². The first-order valence-corrected chi connectivity index (χ1v) is 8.02. The molecule has 2 aromatic carbocycles. The van der Waals surface area contributed by atoms with Gasteiger partial charge < -0.3 is 19.6 Å². The summed E-state index contributed by atoms with van der Waals surface area (Å²) in [4.78, 5) is 26.6. The number of nitro benzene ring substituents is 1. The van der Waals surface area contributed by atoms with Gasteiger partial charge in [0, 0.05) is 30.0 Å². The Balaban J connectivity index is 1.82. The van der Waals surface area contributed by atoms with Crippen LogP contribution in [0.15, 0.2) is 64.2 Å². The molecule has 0 spiro atoms. The number of furan rings is 1. The number of anilines is 1. The highest BCUT2D eigenvalue weighted by Gasteiger charge is 2.13. The number of nitrogens with one attached hydrogen (secondary N) is 1. The predicted octanol–water partition coefficient (Wildman–Crippen LogP) is 3.90. The van der Waals surface area contributed by atoms with Crippen molar-refractivity contribution in [1.29, 1.82) is 0 Å². The van der Waals surface area contributed by atoms with E-state index in [9.17, 15) is 20.0 Å². The van der Waals surface area contributed by atoms with Crippen molar-refractivity contribution in [2.24, 2.45) is 4.99 Å². The second-order valence-electron chi connectivity index (χ2n) is 5.57. The number of nitro groups is 1. The van der Waals surface area contributed by atoms with Gasteiger partial charge in [-0.3, -0.25) is 19.9 Å². The second-order valence-corrected chi connectivity index (χ2v) is 5.57. The average molecular weight is 381 g/mol. The van der Waals surface area contributed by atoms with Crippen molar-refractivity contribution >= 4 is 29.2 Å². The zero-order valence-electron chi connectivity index (χ0n) is 14.7. The molecule has 9 heteroatoms. The normalized spacial score (nSPS) is 10.8. The molecule has 0 unspecified atom stereocenters. The highest BCUT2D eigenvalue weighted by molar-refractivity contribution is 6.03. The maximum Gasteiger partial charge on any atom is 0.291 e. The first kappa shape index (κ1) is 18.6. The highest BCUT2D eigenvalue weighted by atomic mass is 16.6. The summed E-state index contributed by atoms with van der Waals surface area (Å²) in [7, 11) is 1.44. The van der Waals surface area contributed by atoms with Gasteiger partial charge in [0.25, 0.3) is 11.6 Å². The number of aromatic hydroxyl groups is 1. The number of non-ortho nitro benzene ring substituents is 1. The van der Waals surface area contributed by atoms with E-state index in [1.165, 1.54) is 43.9 Å². The smallest absolute Gasteiger partial charge is 0.291 e. The van der Waals surface area contributed by atoms with Crippen LogP contribution in [0, 0.1) is 10.1 Å². The van der Waals surface area contributed by atoms with E-state index < -0.39 is 10.8 Å². The molecule has 0 bridgehead atoms. The minimum absolute atomic E-state index is 0.136. The molecule has 142 valence electrons. The molecule has 28 heavy (non-hydrogen) atoms. The van der Waals surface area contributed by atoms with Crippen LogP contribution in [0.25, 0.3) is 0 Å². The lowest BCUT2D eigenvalue weighted by molar-refractivity contribution is -0.384. The van der Waals surface area contributed by atoms with Gasteiger partial charge in [0.2, 0.25) is 0 Å². The van der Waals surface area contributed by atoms with Crippen molar-refractivity contribution in [3.8, 4) is 11.5 Å². The van der Waals surface area contributed by atoms with Gasteiger partial charge in [0.1, 0.15) is 11.5 Å². The minimum Gasteiger partial charge on any atom is -0.507 e. The molecular weight excluding hydrogens is 366 g/mol. The van der Waals surface area contributed by atoms with Crippen LogP contribution < -0.4 is 10.1 Å². The molecule has 1 aromatic heterocycles. The van der Waals surface area contributed by atoms with E-state index in [-0.39, 0.29) is 22.8 Å². The van der Waals surface area contributed by atoms with Crippen LogP contribution in [-0.4, -0.2) is 29.3 Å². The van der Waals surface area contributed by atoms with Gasteiger partial charge in [0.05, 0.1) is 29.7 Å². The maximum absolute atomic E-state index is 12.1. The molecular formula is C19H15N3O6. The van der Waals surface area contributed by atoms with Gasteiger partial charge in [-0.2, -0.15) is 0 Å². The average Bonchev–Trinajstić information content (AvgIpc) is 3.23. The quantitative estimate of drug-likeness (QED) is 0.379. The Morgan fingerprint density at radius 1 is 1.29 bits per heavy atom. The summed E-state index contributed by atoms with van der Waals surface area (Å²) >= 11 is 0. The second kappa shape index (κ2) is 8.04. The van der Waals surface area contributed by atoms with E-state index in [2.05, 4.69) is 10.3 Å². The monoisotopic (exact) mass is 381 g/mol. The maximum atomic E-state index is 12.1. The van der Waals surface area contributed by atoms with Crippen LogP contribution in [0.1, 0.15) is 16.1 Å². The summed E-state index contributed by atoms with van der Waals surface area (Å²) in [5.74, 6) is -0.0483. The number of amides is 1. The number of nitrogens with zero attached hydrogens (tertiary/aromatic N) is 2. The Labute approximate surface area is 159 Å². The number of carbonyl (C=O) groups is 1. The first-order valence-electron chi connectivity index (χ1n) is 8.02. The summed E-state index contributed by atoms with van der Waals surface area (Å²) in [6.45, 7) is 0. The number of carbonyl (C=O) groups excluding carboxylic acids is 1. The van der Waals surface area contributed by atoms with Gasteiger partial charge in [-0.1, -0.05) is 0 Å². The SMILES string of the molecule is COc1cc(N=Cc2cc([N+](=O)[O-])ccc2O)ccc1NC(=O)c1ccco1. The molecule has 0 saturated heterocycles.